The van der Waals surface area contributed by atoms with Crippen molar-refractivity contribution < 1.29 is 19.1 Å². The van der Waals surface area contributed by atoms with Crippen molar-refractivity contribution in [3.63, 3.8) is 0 Å². The van der Waals surface area contributed by atoms with E-state index >= 15 is 0 Å². The van der Waals surface area contributed by atoms with Crippen LogP contribution in [-0.2, 0) is 14.3 Å². The Labute approximate surface area is 164 Å². The number of hydrogen-bond acceptors (Lipinski definition) is 5. The van der Waals surface area contributed by atoms with E-state index in [0.717, 1.165) is 31.2 Å². The van der Waals surface area contributed by atoms with Gasteiger partial charge in [-0.1, -0.05) is 30.5 Å². The van der Waals surface area contributed by atoms with Crippen LogP contribution < -0.4 is 10.6 Å². The van der Waals surface area contributed by atoms with Crippen LogP contribution in [0.2, 0.25) is 0 Å². The fourth-order valence-corrected chi connectivity index (χ4v) is 3.56. The highest BCUT2D eigenvalue weighted by molar-refractivity contribution is 7.98. The van der Waals surface area contributed by atoms with Gasteiger partial charge in [-0.3, -0.25) is 9.59 Å². The molecule has 7 heteroatoms. The summed E-state index contributed by atoms with van der Waals surface area (Å²) in [5, 5.41) is 5.61. The van der Waals surface area contributed by atoms with Gasteiger partial charge in [0.2, 0.25) is 0 Å². The summed E-state index contributed by atoms with van der Waals surface area (Å²) in [6, 6.07) is 6.58. The van der Waals surface area contributed by atoms with Gasteiger partial charge in [-0.2, -0.15) is 11.8 Å². The molecule has 2 amide bonds. The summed E-state index contributed by atoms with van der Waals surface area (Å²) in [4.78, 5) is 36.8. The summed E-state index contributed by atoms with van der Waals surface area (Å²) >= 11 is 1.58. The van der Waals surface area contributed by atoms with E-state index in [-0.39, 0.29) is 24.5 Å². The monoisotopic (exact) mass is 392 g/mol. The third kappa shape index (κ3) is 7.25. The van der Waals surface area contributed by atoms with Crippen molar-refractivity contribution in [2.45, 2.75) is 51.1 Å². The molecule has 1 aliphatic carbocycles. The number of amides is 2. The number of esters is 1. The molecule has 0 aliphatic heterocycles. The predicted octanol–water partition coefficient (Wildman–Crippen LogP) is 2.45. The van der Waals surface area contributed by atoms with Crippen molar-refractivity contribution >= 4 is 29.5 Å². The molecule has 0 spiro atoms. The maximum Gasteiger partial charge on any atom is 0.329 e. The number of ether oxygens (including phenoxy) is 1. The van der Waals surface area contributed by atoms with E-state index in [1.807, 2.05) is 19.2 Å². The third-order valence-electron chi connectivity index (χ3n) is 4.55. The first-order valence-electron chi connectivity index (χ1n) is 9.32. The molecule has 0 heterocycles. The summed E-state index contributed by atoms with van der Waals surface area (Å²) in [6.45, 7) is 1.59. The van der Waals surface area contributed by atoms with Gasteiger partial charge in [-0.05, 0) is 50.3 Å². The van der Waals surface area contributed by atoms with E-state index in [2.05, 4.69) is 10.6 Å². The average Bonchev–Trinajstić information content (AvgIpc) is 3.15. The van der Waals surface area contributed by atoms with Crippen LogP contribution in [0.25, 0.3) is 0 Å². The Bertz CT molecular complexity index is 659. The van der Waals surface area contributed by atoms with Crippen molar-refractivity contribution in [2.24, 2.45) is 0 Å². The first-order chi connectivity index (χ1) is 13.0. The molecule has 2 N–H and O–H groups in total. The molecule has 1 saturated carbocycles. The van der Waals surface area contributed by atoms with Gasteiger partial charge in [-0.15, -0.1) is 0 Å². The van der Waals surface area contributed by atoms with Crippen LogP contribution in [0.3, 0.4) is 0 Å². The van der Waals surface area contributed by atoms with Crippen LogP contribution in [0.5, 0.6) is 0 Å². The molecule has 148 valence electrons. The average molecular weight is 393 g/mol. The van der Waals surface area contributed by atoms with Crippen molar-refractivity contribution in [3.8, 4) is 0 Å². The Morgan fingerprint density at radius 1 is 1.26 bits per heavy atom. The van der Waals surface area contributed by atoms with Gasteiger partial charge in [0, 0.05) is 11.6 Å². The number of carbonyl (C=O) groups excluding carboxylic acids is 3. The van der Waals surface area contributed by atoms with E-state index in [0.29, 0.717) is 17.7 Å². The smallest absolute Gasteiger partial charge is 0.329 e. The Hall–Kier alpha value is -2.02. The van der Waals surface area contributed by atoms with Gasteiger partial charge in [-0.25, -0.2) is 4.79 Å². The minimum atomic E-state index is -0.773. The zero-order valence-electron chi connectivity index (χ0n) is 16.0. The summed E-state index contributed by atoms with van der Waals surface area (Å²) in [5.74, 6) is -0.491. The first-order valence-corrected chi connectivity index (χ1v) is 10.7. The lowest BCUT2D eigenvalue weighted by molar-refractivity contribution is -0.150. The number of aryl methyl sites for hydroxylation is 1. The molecule has 0 bridgehead atoms. The summed E-state index contributed by atoms with van der Waals surface area (Å²) < 4.78 is 5.16. The number of rotatable bonds is 9. The highest BCUT2D eigenvalue weighted by Crippen LogP contribution is 2.17. The molecule has 1 aromatic carbocycles. The Kier molecular flexibility index (Phi) is 8.64. The fraction of sp³-hybridized carbons (Fsp3) is 0.550. The second kappa shape index (κ2) is 11.0. The molecule has 1 fully saturated rings. The van der Waals surface area contributed by atoms with Crippen LogP contribution in [0, 0.1) is 6.92 Å². The van der Waals surface area contributed by atoms with Gasteiger partial charge in [0.1, 0.15) is 6.04 Å². The molecule has 1 aliphatic rings. The summed E-state index contributed by atoms with van der Waals surface area (Å²) in [7, 11) is 0. The van der Waals surface area contributed by atoms with E-state index < -0.39 is 12.0 Å². The van der Waals surface area contributed by atoms with E-state index in [9.17, 15) is 14.4 Å². The number of benzene rings is 1. The number of thioether (sulfide) groups is 1. The zero-order chi connectivity index (χ0) is 19.6. The molecule has 6 nitrogen and oxygen atoms in total. The second-order valence-corrected chi connectivity index (χ2v) is 7.82. The van der Waals surface area contributed by atoms with E-state index in [4.69, 9.17) is 4.74 Å². The Balaban J connectivity index is 1.88. The van der Waals surface area contributed by atoms with Crippen LogP contribution in [0.1, 0.15) is 48.0 Å². The maximum atomic E-state index is 12.4. The molecule has 0 unspecified atom stereocenters. The van der Waals surface area contributed by atoms with Gasteiger partial charge < -0.3 is 15.4 Å². The van der Waals surface area contributed by atoms with Crippen molar-refractivity contribution in [1.29, 1.82) is 0 Å². The highest BCUT2D eigenvalue weighted by atomic mass is 32.2. The minimum Gasteiger partial charge on any atom is -0.454 e. The fourth-order valence-electron chi connectivity index (χ4n) is 3.09. The number of carbonyl (C=O) groups is 3. The maximum absolute atomic E-state index is 12.4. The lowest BCUT2D eigenvalue weighted by Gasteiger charge is -2.18. The molecular formula is C20H28N2O4S. The highest BCUT2D eigenvalue weighted by Gasteiger charge is 2.24. The Morgan fingerprint density at radius 3 is 2.67 bits per heavy atom. The summed E-state index contributed by atoms with van der Waals surface area (Å²) in [6.07, 6.45) is 6.56. The van der Waals surface area contributed by atoms with Crippen molar-refractivity contribution in [3.05, 3.63) is 35.4 Å². The molecular weight excluding hydrogens is 364 g/mol. The van der Waals surface area contributed by atoms with Crippen LogP contribution in [0.15, 0.2) is 24.3 Å². The SMILES string of the molecule is CSCC[C@H](NC(=O)c1cccc(C)c1)C(=O)OCC(=O)NC1CCCC1. The molecule has 2 rings (SSSR count). The van der Waals surface area contributed by atoms with Crippen LogP contribution in [0.4, 0.5) is 0 Å². The van der Waals surface area contributed by atoms with Gasteiger partial charge in [0.15, 0.2) is 6.61 Å². The molecule has 27 heavy (non-hydrogen) atoms. The van der Waals surface area contributed by atoms with Crippen molar-refractivity contribution in [2.75, 3.05) is 18.6 Å². The van der Waals surface area contributed by atoms with Crippen LogP contribution >= 0.6 is 11.8 Å². The largest absolute Gasteiger partial charge is 0.454 e. The Morgan fingerprint density at radius 2 is 2.00 bits per heavy atom. The van der Waals surface area contributed by atoms with Gasteiger partial charge >= 0.3 is 5.97 Å². The standard InChI is InChI=1S/C20H28N2O4S/c1-14-6-5-7-15(12-14)19(24)22-17(10-11-27-2)20(25)26-13-18(23)21-16-8-3-4-9-16/h5-7,12,16-17H,3-4,8-11,13H2,1-2H3,(H,21,23)(H,22,24)/t17-/m0/s1. The summed E-state index contributed by atoms with van der Waals surface area (Å²) in [5.41, 5.74) is 1.46. The van der Waals surface area contributed by atoms with Gasteiger partial charge in [0.25, 0.3) is 11.8 Å². The topological polar surface area (TPSA) is 84.5 Å². The molecule has 0 radical (unpaired) electrons. The first kappa shape index (κ1) is 21.3. The third-order valence-corrected chi connectivity index (χ3v) is 5.19. The van der Waals surface area contributed by atoms with Gasteiger partial charge in [0.05, 0.1) is 0 Å². The van der Waals surface area contributed by atoms with E-state index in [1.165, 1.54) is 0 Å². The number of nitrogens with one attached hydrogen (secondary N) is 2. The quantitative estimate of drug-likeness (QED) is 0.631. The normalized spacial score (nSPS) is 15.2. The van der Waals surface area contributed by atoms with E-state index in [1.54, 1.807) is 30.0 Å². The molecule has 0 aromatic heterocycles. The minimum absolute atomic E-state index is 0.185. The lowest BCUT2D eigenvalue weighted by atomic mass is 10.1. The van der Waals surface area contributed by atoms with Crippen LogP contribution in [-0.4, -0.2) is 48.5 Å². The lowest BCUT2D eigenvalue weighted by Crippen LogP contribution is -2.44. The zero-order valence-corrected chi connectivity index (χ0v) is 16.8. The van der Waals surface area contributed by atoms with Crippen molar-refractivity contribution in [1.82, 2.24) is 10.6 Å². The molecule has 0 saturated heterocycles. The second-order valence-electron chi connectivity index (χ2n) is 6.83. The molecule has 1 aromatic rings. The predicted molar refractivity (Wildman–Crippen MR) is 107 cm³/mol. The number of hydrogen-bond donors (Lipinski definition) is 2. The molecule has 1 atom stereocenters.